The van der Waals surface area contributed by atoms with Crippen LogP contribution in [0.25, 0.3) is 33.5 Å². The maximum atomic E-state index is 13.7. The van der Waals surface area contributed by atoms with Gasteiger partial charge in [-0.25, -0.2) is 24.9 Å². The maximum Gasteiger partial charge on any atom is 0.417 e. The molecule has 3 aromatic heterocycles. The Bertz CT molecular complexity index is 1450. The molecule has 11 heteroatoms. The van der Waals surface area contributed by atoms with Crippen LogP contribution in [0.5, 0.6) is 0 Å². The van der Waals surface area contributed by atoms with E-state index in [4.69, 9.17) is 11.6 Å². The molecular formula is C21H13ClF3N7. The molecule has 2 N–H and O–H groups in total. The summed E-state index contributed by atoms with van der Waals surface area (Å²) in [6, 6.07) is 10.3. The first-order valence-corrected chi connectivity index (χ1v) is 9.79. The number of rotatable bonds is 4. The Morgan fingerprint density at radius 1 is 0.969 bits per heavy atom. The van der Waals surface area contributed by atoms with E-state index >= 15 is 0 Å². The molecule has 5 rings (SSSR count). The average Bonchev–Trinajstić information content (AvgIpc) is 3.26. The Hall–Kier alpha value is -3.79. The number of H-pyrrole nitrogens is 1. The van der Waals surface area contributed by atoms with E-state index in [1.54, 1.807) is 18.2 Å². The second-order valence-electron chi connectivity index (χ2n) is 6.85. The Morgan fingerprint density at radius 3 is 2.66 bits per heavy atom. The summed E-state index contributed by atoms with van der Waals surface area (Å²) in [6.07, 6.45) is -1.74. The van der Waals surface area contributed by atoms with Gasteiger partial charge in [0.1, 0.15) is 17.4 Å². The molecular weight excluding hydrogens is 443 g/mol. The van der Waals surface area contributed by atoms with Gasteiger partial charge in [0.25, 0.3) is 0 Å². The number of para-hydroxylation sites is 1. The first-order chi connectivity index (χ1) is 15.4. The molecule has 0 fully saturated rings. The molecule has 0 aliphatic carbocycles. The second kappa shape index (κ2) is 7.72. The zero-order valence-corrected chi connectivity index (χ0v) is 16.9. The molecule has 32 heavy (non-hydrogen) atoms. The molecule has 0 unspecified atom stereocenters. The number of nitrogens with zero attached hydrogens (tertiary/aromatic N) is 5. The number of hydrogen-bond acceptors (Lipinski definition) is 6. The molecule has 0 aliphatic rings. The fraction of sp³-hybridized carbons (Fsp3) is 0.0952. The minimum absolute atomic E-state index is 0.0425. The van der Waals surface area contributed by atoms with Gasteiger partial charge in [-0.1, -0.05) is 35.9 Å². The van der Waals surface area contributed by atoms with Crippen LogP contribution in [-0.4, -0.2) is 29.9 Å². The molecule has 5 aromatic rings. The lowest BCUT2D eigenvalue weighted by Gasteiger charge is -2.16. The molecule has 0 saturated heterocycles. The van der Waals surface area contributed by atoms with Gasteiger partial charge in [-0.15, -0.1) is 0 Å². The number of anilines is 1. The molecule has 0 atom stereocenters. The van der Waals surface area contributed by atoms with Crippen molar-refractivity contribution in [3.63, 3.8) is 0 Å². The van der Waals surface area contributed by atoms with Crippen molar-refractivity contribution in [3.05, 3.63) is 71.4 Å². The van der Waals surface area contributed by atoms with Crippen molar-refractivity contribution in [2.75, 3.05) is 5.32 Å². The van der Waals surface area contributed by atoms with E-state index in [2.05, 4.69) is 35.2 Å². The summed E-state index contributed by atoms with van der Waals surface area (Å²) in [7, 11) is 0. The zero-order chi connectivity index (χ0) is 22.3. The Morgan fingerprint density at radius 2 is 1.81 bits per heavy atom. The first-order valence-electron chi connectivity index (χ1n) is 9.41. The predicted molar refractivity (Wildman–Crippen MR) is 114 cm³/mol. The van der Waals surface area contributed by atoms with Crippen LogP contribution in [0.2, 0.25) is 5.02 Å². The Labute approximate surface area is 183 Å². The summed E-state index contributed by atoms with van der Waals surface area (Å²) in [5, 5.41) is 3.45. The SMILES string of the molecule is FC(F)(F)c1ccccc1-c1nc2cccc(Cl)c2nc1CNc1ncnc2nc[nH]c12. The lowest BCUT2D eigenvalue weighted by molar-refractivity contribution is -0.137. The smallest absolute Gasteiger partial charge is 0.362 e. The van der Waals surface area contributed by atoms with Gasteiger partial charge in [0.15, 0.2) is 11.5 Å². The zero-order valence-electron chi connectivity index (χ0n) is 16.2. The molecule has 2 aromatic carbocycles. The highest BCUT2D eigenvalue weighted by atomic mass is 35.5. The number of aromatic nitrogens is 6. The quantitative estimate of drug-likeness (QED) is 0.384. The van der Waals surface area contributed by atoms with E-state index in [-0.39, 0.29) is 23.5 Å². The number of hydrogen-bond donors (Lipinski definition) is 2. The third kappa shape index (κ3) is 3.58. The maximum absolute atomic E-state index is 13.7. The third-order valence-corrected chi connectivity index (χ3v) is 5.16. The van der Waals surface area contributed by atoms with Crippen LogP contribution in [0.15, 0.2) is 55.1 Å². The second-order valence-corrected chi connectivity index (χ2v) is 7.25. The summed E-state index contributed by atoms with van der Waals surface area (Å²) < 4.78 is 41.2. The van der Waals surface area contributed by atoms with Crippen molar-refractivity contribution in [2.24, 2.45) is 0 Å². The summed E-state index contributed by atoms with van der Waals surface area (Å²) in [6.45, 7) is 0.0425. The van der Waals surface area contributed by atoms with Gasteiger partial charge >= 0.3 is 6.18 Å². The molecule has 0 aliphatic heterocycles. The summed E-state index contributed by atoms with van der Waals surface area (Å²) in [5.41, 5.74) is 1.34. The highest BCUT2D eigenvalue weighted by molar-refractivity contribution is 6.34. The number of fused-ring (bicyclic) bond motifs is 2. The fourth-order valence-corrected chi connectivity index (χ4v) is 3.63. The van der Waals surface area contributed by atoms with Crippen molar-refractivity contribution >= 4 is 39.6 Å². The number of alkyl halides is 3. The Balaban J connectivity index is 1.66. The van der Waals surface area contributed by atoms with Crippen molar-refractivity contribution < 1.29 is 13.2 Å². The predicted octanol–water partition coefficient (Wildman–Crippen LogP) is 5.25. The van der Waals surface area contributed by atoms with Crippen LogP contribution in [0, 0.1) is 0 Å². The van der Waals surface area contributed by atoms with E-state index < -0.39 is 11.7 Å². The Kier molecular flexibility index (Phi) is 4.86. The lowest BCUT2D eigenvalue weighted by Crippen LogP contribution is -2.11. The lowest BCUT2D eigenvalue weighted by atomic mass is 10.0. The van der Waals surface area contributed by atoms with Crippen LogP contribution >= 0.6 is 11.6 Å². The highest BCUT2D eigenvalue weighted by Gasteiger charge is 2.34. The minimum Gasteiger partial charge on any atom is -0.362 e. The van der Waals surface area contributed by atoms with Crippen LogP contribution in [0.3, 0.4) is 0 Å². The third-order valence-electron chi connectivity index (χ3n) is 4.85. The number of benzene rings is 2. The van der Waals surface area contributed by atoms with Crippen LogP contribution in [0.4, 0.5) is 19.0 Å². The van der Waals surface area contributed by atoms with Gasteiger partial charge in [-0.2, -0.15) is 13.2 Å². The average molecular weight is 456 g/mol. The summed E-state index contributed by atoms with van der Waals surface area (Å²) in [5.74, 6) is 0.434. The topological polar surface area (TPSA) is 92.3 Å². The van der Waals surface area contributed by atoms with Crippen molar-refractivity contribution in [3.8, 4) is 11.3 Å². The van der Waals surface area contributed by atoms with Gasteiger partial charge in [0, 0.05) is 5.56 Å². The standard InChI is InChI=1S/C21H13ClF3N7/c22-13-6-3-7-14-17(13)32-15(8-26-19-18-20(28-9-27-18)30-10-29-19)16(31-14)11-4-1-2-5-12(11)21(23,24)25/h1-7,9-10H,8H2,(H2,26,27,28,29,30). The van der Waals surface area contributed by atoms with Gasteiger partial charge in [-0.05, 0) is 18.2 Å². The molecule has 0 saturated carbocycles. The molecule has 3 heterocycles. The summed E-state index contributed by atoms with van der Waals surface area (Å²) in [4.78, 5) is 24.3. The van der Waals surface area contributed by atoms with Gasteiger partial charge in [0.2, 0.25) is 0 Å². The van der Waals surface area contributed by atoms with Crippen LogP contribution in [0.1, 0.15) is 11.3 Å². The number of imidazole rings is 1. The van der Waals surface area contributed by atoms with E-state index in [0.29, 0.717) is 33.0 Å². The van der Waals surface area contributed by atoms with E-state index in [0.717, 1.165) is 6.07 Å². The van der Waals surface area contributed by atoms with Crippen molar-refractivity contribution in [2.45, 2.75) is 12.7 Å². The fourth-order valence-electron chi connectivity index (χ4n) is 3.42. The van der Waals surface area contributed by atoms with E-state index in [1.807, 2.05) is 0 Å². The summed E-state index contributed by atoms with van der Waals surface area (Å²) >= 11 is 6.28. The molecule has 0 spiro atoms. The van der Waals surface area contributed by atoms with Gasteiger partial charge < -0.3 is 10.3 Å². The molecule has 0 radical (unpaired) electrons. The minimum atomic E-state index is -4.55. The normalized spacial score (nSPS) is 11.9. The largest absolute Gasteiger partial charge is 0.417 e. The monoisotopic (exact) mass is 455 g/mol. The molecule has 0 bridgehead atoms. The first kappa shape index (κ1) is 20.1. The number of halogens is 4. The van der Waals surface area contributed by atoms with Gasteiger partial charge in [0.05, 0.1) is 40.4 Å². The number of nitrogens with one attached hydrogen (secondary N) is 2. The molecule has 0 amide bonds. The number of aromatic amines is 1. The van der Waals surface area contributed by atoms with E-state index in [1.165, 1.54) is 30.9 Å². The van der Waals surface area contributed by atoms with Crippen LogP contribution in [-0.2, 0) is 12.7 Å². The van der Waals surface area contributed by atoms with Gasteiger partial charge in [-0.3, -0.25) is 0 Å². The highest BCUT2D eigenvalue weighted by Crippen LogP contribution is 2.38. The van der Waals surface area contributed by atoms with E-state index in [9.17, 15) is 13.2 Å². The molecule has 7 nitrogen and oxygen atoms in total. The molecule has 160 valence electrons. The van der Waals surface area contributed by atoms with Crippen LogP contribution < -0.4 is 5.32 Å². The van der Waals surface area contributed by atoms with Crippen molar-refractivity contribution in [1.82, 2.24) is 29.9 Å². The van der Waals surface area contributed by atoms with Crippen molar-refractivity contribution in [1.29, 1.82) is 0 Å².